The Balaban J connectivity index is 1.49. The number of fused-ring (bicyclic) bond motifs is 2. The lowest BCUT2D eigenvalue weighted by molar-refractivity contribution is -0.143. The summed E-state index contributed by atoms with van der Waals surface area (Å²) in [5, 5.41) is 0. The average molecular weight is 616 g/mol. The summed E-state index contributed by atoms with van der Waals surface area (Å²) in [5.74, 6) is -0.415. The van der Waals surface area contributed by atoms with Gasteiger partial charge in [0.2, 0.25) is 0 Å². The van der Waals surface area contributed by atoms with Crippen LogP contribution in [0.3, 0.4) is 0 Å². The standard InChI is InChI=1S/C31H36F7N3O2/c1-19-13-24(32)5-6-25(19)26-17-29(8-7-28(3)18-43-12-11-41(28)29)9-10-40(26)27(42)39(4)20(2)21-14-22(30(33,34)35)16-23(15-21)31(36,37)38/h5-6,13-16,20,26H,7-12,17-18H2,1-4H3/t20-,26+,28+,29+/m1/s1. The number of urea groups is 1. The maximum absolute atomic E-state index is 14.1. The Morgan fingerprint density at radius 3 is 2.26 bits per heavy atom. The second kappa shape index (κ2) is 10.9. The highest BCUT2D eigenvalue weighted by molar-refractivity contribution is 5.75. The van der Waals surface area contributed by atoms with E-state index in [4.69, 9.17) is 4.74 Å². The molecule has 5 rings (SSSR count). The van der Waals surface area contributed by atoms with Crippen LogP contribution in [0, 0.1) is 12.7 Å². The Labute approximate surface area is 246 Å². The second-order valence-electron chi connectivity index (χ2n) is 12.5. The number of carbonyl (C=O) groups is 1. The van der Waals surface area contributed by atoms with Crippen molar-refractivity contribution in [2.45, 2.75) is 82.0 Å². The van der Waals surface area contributed by atoms with Crippen LogP contribution >= 0.6 is 0 Å². The van der Waals surface area contributed by atoms with Gasteiger partial charge in [-0.3, -0.25) is 4.90 Å². The normalized spacial score (nSPS) is 27.3. The molecule has 236 valence electrons. The summed E-state index contributed by atoms with van der Waals surface area (Å²) in [6, 6.07) is 3.70. The topological polar surface area (TPSA) is 36.0 Å². The van der Waals surface area contributed by atoms with E-state index in [1.165, 1.54) is 31.0 Å². The third-order valence-electron chi connectivity index (χ3n) is 9.80. The first-order valence-electron chi connectivity index (χ1n) is 14.4. The zero-order chi connectivity index (χ0) is 31.5. The molecule has 0 bridgehead atoms. The fraction of sp³-hybridized carbons (Fsp3) is 0.581. The molecule has 3 saturated heterocycles. The number of likely N-dealkylation sites (tertiary alicyclic amines) is 1. The van der Waals surface area contributed by atoms with Gasteiger partial charge in [-0.05, 0) is 93.5 Å². The molecule has 2 aromatic rings. The number of carbonyl (C=O) groups excluding carboxylic acids is 1. The largest absolute Gasteiger partial charge is 0.416 e. The Morgan fingerprint density at radius 2 is 1.65 bits per heavy atom. The fourth-order valence-electron chi connectivity index (χ4n) is 7.31. The van der Waals surface area contributed by atoms with Gasteiger partial charge in [-0.1, -0.05) is 6.07 Å². The molecule has 0 radical (unpaired) electrons. The molecule has 2 aromatic carbocycles. The number of amides is 2. The predicted octanol–water partition coefficient (Wildman–Crippen LogP) is 7.75. The molecule has 3 aliphatic heterocycles. The summed E-state index contributed by atoms with van der Waals surface area (Å²) in [5.41, 5.74) is -2.09. The molecule has 0 N–H and O–H groups in total. The molecular formula is C31H36F7N3O2. The van der Waals surface area contributed by atoms with Crippen LogP contribution in [-0.2, 0) is 17.1 Å². The van der Waals surface area contributed by atoms with E-state index in [0.29, 0.717) is 50.3 Å². The van der Waals surface area contributed by atoms with E-state index in [-0.39, 0.29) is 22.7 Å². The van der Waals surface area contributed by atoms with E-state index >= 15 is 0 Å². The smallest absolute Gasteiger partial charge is 0.378 e. The van der Waals surface area contributed by atoms with Crippen molar-refractivity contribution in [2.75, 3.05) is 33.4 Å². The number of morpholine rings is 1. The number of benzene rings is 2. The van der Waals surface area contributed by atoms with Gasteiger partial charge in [-0.2, -0.15) is 26.3 Å². The van der Waals surface area contributed by atoms with Crippen molar-refractivity contribution in [3.63, 3.8) is 0 Å². The average Bonchev–Trinajstić information content (AvgIpc) is 3.22. The minimum atomic E-state index is -5.00. The molecule has 43 heavy (non-hydrogen) atoms. The number of aryl methyl sites for hydroxylation is 1. The van der Waals surface area contributed by atoms with Crippen LogP contribution in [0.25, 0.3) is 0 Å². The summed E-state index contributed by atoms with van der Waals surface area (Å²) >= 11 is 0. The summed E-state index contributed by atoms with van der Waals surface area (Å²) in [6.07, 6.45) is -6.98. The quantitative estimate of drug-likeness (QED) is 0.332. The summed E-state index contributed by atoms with van der Waals surface area (Å²) in [7, 11) is 1.38. The molecule has 5 nitrogen and oxygen atoms in total. The van der Waals surface area contributed by atoms with Gasteiger partial charge >= 0.3 is 18.4 Å². The molecule has 0 unspecified atom stereocenters. The lowest BCUT2D eigenvalue weighted by Crippen LogP contribution is -2.62. The van der Waals surface area contributed by atoms with Gasteiger partial charge in [-0.15, -0.1) is 0 Å². The van der Waals surface area contributed by atoms with Crippen molar-refractivity contribution in [2.24, 2.45) is 0 Å². The van der Waals surface area contributed by atoms with Gasteiger partial charge < -0.3 is 14.5 Å². The maximum Gasteiger partial charge on any atom is 0.416 e. The minimum absolute atomic E-state index is 0.0798. The number of alkyl halides is 6. The van der Waals surface area contributed by atoms with Gasteiger partial charge in [0.15, 0.2) is 0 Å². The Hall–Kier alpha value is -2.86. The predicted molar refractivity (Wildman–Crippen MR) is 146 cm³/mol. The number of hydrogen-bond acceptors (Lipinski definition) is 3. The second-order valence-corrected chi connectivity index (χ2v) is 12.5. The Morgan fingerprint density at radius 1 is 1.00 bits per heavy atom. The highest BCUT2D eigenvalue weighted by atomic mass is 19.4. The number of rotatable bonds is 3. The first kappa shape index (κ1) is 31.6. The van der Waals surface area contributed by atoms with Crippen molar-refractivity contribution in [3.05, 3.63) is 70.0 Å². The lowest BCUT2D eigenvalue weighted by Gasteiger charge is -2.54. The Bertz CT molecular complexity index is 1350. The number of halogens is 7. The van der Waals surface area contributed by atoms with E-state index in [9.17, 15) is 35.5 Å². The number of nitrogens with zero attached hydrogens (tertiary/aromatic N) is 3. The SMILES string of the molecule is Cc1cc(F)ccc1[C@@H]1C[C@@]2(CCN1C(=O)N(C)[C@H](C)c1cc(C(F)(F)F)cc(C(F)(F)F)c1)CC[C@@]1(C)COCCN12. The number of ether oxygens (including phenoxy) is 1. The highest BCUT2D eigenvalue weighted by Crippen LogP contribution is 2.52. The van der Waals surface area contributed by atoms with Crippen molar-refractivity contribution < 1.29 is 40.3 Å². The van der Waals surface area contributed by atoms with Crippen molar-refractivity contribution in [3.8, 4) is 0 Å². The third-order valence-corrected chi connectivity index (χ3v) is 9.80. The molecule has 0 saturated carbocycles. The molecule has 3 aliphatic rings. The van der Waals surface area contributed by atoms with Crippen LogP contribution in [0.2, 0.25) is 0 Å². The minimum Gasteiger partial charge on any atom is -0.378 e. The van der Waals surface area contributed by atoms with E-state index in [2.05, 4.69) is 11.8 Å². The highest BCUT2D eigenvalue weighted by Gasteiger charge is 2.56. The van der Waals surface area contributed by atoms with E-state index in [1.807, 2.05) is 0 Å². The third kappa shape index (κ3) is 5.84. The van der Waals surface area contributed by atoms with Crippen LogP contribution < -0.4 is 0 Å². The fourth-order valence-corrected chi connectivity index (χ4v) is 7.31. The van der Waals surface area contributed by atoms with Crippen LogP contribution in [0.1, 0.15) is 79.4 Å². The molecule has 2 amide bonds. The van der Waals surface area contributed by atoms with Gasteiger partial charge in [0.05, 0.1) is 36.4 Å². The van der Waals surface area contributed by atoms with Crippen LogP contribution in [-0.4, -0.2) is 65.2 Å². The zero-order valence-corrected chi connectivity index (χ0v) is 24.6. The number of hydrogen-bond donors (Lipinski definition) is 0. The number of piperidine rings is 1. The van der Waals surface area contributed by atoms with Crippen LogP contribution in [0.15, 0.2) is 36.4 Å². The monoisotopic (exact) mass is 615 g/mol. The molecule has 1 spiro atoms. The molecule has 12 heteroatoms. The summed E-state index contributed by atoms with van der Waals surface area (Å²) in [6.45, 7) is 7.62. The van der Waals surface area contributed by atoms with Crippen molar-refractivity contribution in [1.82, 2.24) is 14.7 Å². The van der Waals surface area contributed by atoms with Crippen LogP contribution in [0.5, 0.6) is 0 Å². The molecule has 3 heterocycles. The maximum atomic E-state index is 14.1. The van der Waals surface area contributed by atoms with Gasteiger partial charge in [0, 0.05) is 31.2 Å². The molecule has 0 aliphatic carbocycles. The molecule has 3 fully saturated rings. The zero-order valence-electron chi connectivity index (χ0n) is 24.6. The lowest BCUT2D eigenvalue weighted by atomic mass is 9.78. The first-order valence-corrected chi connectivity index (χ1v) is 14.4. The van der Waals surface area contributed by atoms with Crippen molar-refractivity contribution >= 4 is 6.03 Å². The van der Waals surface area contributed by atoms with E-state index in [1.54, 1.807) is 17.9 Å². The molecule has 0 aromatic heterocycles. The molecular weight excluding hydrogens is 579 g/mol. The van der Waals surface area contributed by atoms with Gasteiger partial charge in [-0.25, -0.2) is 9.18 Å². The van der Waals surface area contributed by atoms with Gasteiger partial charge in [0.1, 0.15) is 5.82 Å². The van der Waals surface area contributed by atoms with E-state index < -0.39 is 47.4 Å². The van der Waals surface area contributed by atoms with E-state index in [0.717, 1.165) is 24.9 Å². The first-order chi connectivity index (χ1) is 19.9. The summed E-state index contributed by atoms with van der Waals surface area (Å²) < 4.78 is 101. The summed E-state index contributed by atoms with van der Waals surface area (Å²) in [4.78, 5) is 19.4. The van der Waals surface area contributed by atoms with Crippen LogP contribution in [0.4, 0.5) is 35.5 Å². The van der Waals surface area contributed by atoms with Gasteiger partial charge in [0.25, 0.3) is 0 Å². The molecule has 4 atom stereocenters. The Kier molecular flexibility index (Phi) is 8.03. The van der Waals surface area contributed by atoms with Crippen molar-refractivity contribution in [1.29, 1.82) is 0 Å².